The van der Waals surface area contributed by atoms with Gasteiger partial charge < -0.3 is 20.5 Å². The standard InChI is InChI=1S/C20H21ClN2O4/c1-3-27-16-12-13(11-15(21)19(16)26-2)9-10-17(24)23-18(20(22)25)14-7-5-4-6-8-14/h4-12,18H,3H2,1-2H3,(H2,22,25)(H,23,24)/b10-9+. The van der Waals surface area contributed by atoms with Crippen molar-refractivity contribution in [2.24, 2.45) is 5.73 Å². The summed E-state index contributed by atoms with van der Waals surface area (Å²) in [5.74, 6) is -0.202. The van der Waals surface area contributed by atoms with Crippen LogP contribution in [0.1, 0.15) is 24.1 Å². The average molecular weight is 389 g/mol. The van der Waals surface area contributed by atoms with Gasteiger partial charge in [0.25, 0.3) is 0 Å². The number of rotatable bonds is 8. The molecule has 0 aliphatic rings. The number of nitrogens with one attached hydrogen (secondary N) is 1. The molecule has 6 nitrogen and oxygen atoms in total. The summed E-state index contributed by atoms with van der Waals surface area (Å²) in [5, 5.41) is 2.95. The number of hydrogen-bond acceptors (Lipinski definition) is 4. The SMILES string of the molecule is CCOc1cc(/C=C/C(=O)NC(C(N)=O)c2ccccc2)cc(Cl)c1OC. The van der Waals surface area contributed by atoms with E-state index in [0.717, 1.165) is 0 Å². The summed E-state index contributed by atoms with van der Waals surface area (Å²) in [7, 11) is 1.50. The highest BCUT2D eigenvalue weighted by atomic mass is 35.5. The Morgan fingerprint density at radius 3 is 2.56 bits per heavy atom. The molecule has 27 heavy (non-hydrogen) atoms. The maximum atomic E-state index is 12.2. The summed E-state index contributed by atoms with van der Waals surface area (Å²) in [4.78, 5) is 23.9. The predicted octanol–water partition coefficient (Wildman–Crippen LogP) is 3.10. The Morgan fingerprint density at radius 2 is 1.96 bits per heavy atom. The Morgan fingerprint density at radius 1 is 1.26 bits per heavy atom. The van der Waals surface area contributed by atoms with E-state index in [0.29, 0.717) is 34.3 Å². The first-order valence-electron chi connectivity index (χ1n) is 8.29. The summed E-state index contributed by atoms with van der Waals surface area (Å²) >= 11 is 6.19. The molecule has 3 N–H and O–H groups in total. The van der Waals surface area contributed by atoms with E-state index >= 15 is 0 Å². The lowest BCUT2D eigenvalue weighted by Crippen LogP contribution is -2.36. The van der Waals surface area contributed by atoms with Crippen LogP contribution in [0.2, 0.25) is 5.02 Å². The van der Waals surface area contributed by atoms with Gasteiger partial charge in [0.1, 0.15) is 6.04 Å². The Balaban J connectivity index is 2.17. The minimum absolute atomic E-state index is 0.364. The summed E-state index contributed by atoms with van der Waals surface area (Å²) in [6.45, 7) is 2.29. The van der Waals surface area contributed by atoms with E-state index in [2.05, 4.69) is 5.32 Å². The van der Waals surface area contributed by atoms with Gasteiger partial charge in [-0.05, 0) is 36.3 Å². The summed E-state index contributed by atoms with van der Waals surface area (Å²) < 4.78 is 10.7. The minimum Gasteiger partial charge on any atom is -0.491 e. The van der Waals surface area contributed by atoms with E-state index in [-0.39, 0.29) is 0 Å². The molecule has 0 aliphatic carbocycles. The van der Waals surface area contributed by atoms with Gasteiger partial charge in [0.2, 0.25) is 11.8 Å². The topological polar surface area (TPSA) is 90.6 Å². The molecule has 7 heteroatoms. The molecule has 1 unspecified atom stereocenters. The van der Waals surface area contributed by atoms with Gasteiger partial charge in [0.15, 0.2) is 11.5 Å². The van der Waals surface area contributed by atoms with E-state index in [1.54, 1.807) is 42.5 Å². The Bertz CT molecular complexity index is 837. The number of halogens is 1. The maximum Gasteiger partial charge on any atom is 0.244 e. The van der Waals surface area contributed by atoms with E-state index in [4.69, 9.17) is 26.8 Å². The van der Waals surface area contributed by atoms with Gasteiger partial charge >= 0.3 is 0 Å². The first-order valence-corrected chi connectivity index (χ1v) is 8.67. The Labute approximate surface area is 162 Å². The van der Waals surface area contributed by atoms with Crippen molar-refractivity contribution in [1.29, 1.82) is 0 Å². The Hall–Kier alpha value is -2.99. The number of ether oxygens (including phenoxy) is 2. The molecule has 1 atom stereocenters. The molecule has 0 spiro atoms. The monoisotopic (exact) mass is 388 g/mol. The van der Waals surface area contributed by atoms with Crippen LogP contribution < -0.4 is 20.5 Å². The van der Waals surface area contributed by atoms with E-state index in [9.17, 15) is 9.59 Å². The van der Waals surface area contributed by atoms with Crippen LogP contribution in [0.4, 0.5) is 0 Å². The molecule has 142 valence electrons. The molecule has 0 aromatic heterocycles. The highest BCUT2D eigenvalue weighted by Gasteiger charge is 2.18. The molecule has 2 aromatic rings. The van der Waals surface area contributed by atoms with Crippen molar-refractivity contribution >= 4 is 29.5 Å². The van der Waals surface area contributed by atoms with Crippen LogP contribution in [0.25, 0.3) is 6.08 Å². The molecule has 0 saturated carbocycles. The second kappa shape index (κ2) is 9.64. The van der Waals surface area contributed by atoms with E-state index in [1.165, 1.54) is 13.2 Å². The molecule has 0 aliphatic heterocycles. The minimum atomic E-state index is -0.915. The lowest BCUT2D eigenvalue weighted by molar-refractivity contribution is -0.125. The second-order valence-electron chi connectivity index (χ2n) is 5.56. The lowest BCUT2D eigenvalue weighted by atomic mass is 10.1. The summed E-state index contributed by atoms with van der Waals surface area (Å²) in [6, 6.07) is 11.2. The van der Waals surface area contributed by atoms with E-state index < -0.39 is 17.9 Å². The number of benzene rings is 2. The molecule has 2 amide bonds. The number of carbonyl (C=O) groups excluding carboxylic acids is 2. The zero-order chi connectivity index (χ0) is 19.8. The van der Waals surface area contributed by atoms with Crippen molar-refractivity contribution < 1.29 is 19.1 Å². The van der Waals surface area contributed by atoms with Gasteiger partial charge in [-0.3, -0.25) is 9.59 Å². The van der Waals surface area contributed by atoms with Crippen LogP contribution >= 0.6 is 11.6 Å². The number of carbonyl (C=O) groups is 2. The fourth-order valence-corrected chi connectivity index (χ4v) is 2.77. The molecule has 0 saturated heterocycles. The maximum absolute atomic E-state index is 12.2. The first kappa shape index (κ1) is 20.3. The van der Waals surface area contributed by atoms with Crippen molar-refractivity contribution in [3.8, 4) is 11.5 Å². The van der Waals surface area contributed by atoms with Crippen LogP contribution in [0, 0.1) is 0 Å². The lowest BCUT2D eigenvalue weighted by Gasteiger charge is -2.14. The normalized spacial score (nSPS) is 11.8. The van der Waals surface area contributed by atoms with Crippen LogP contribution in [0.3, 0.4) is 0 Å². The largest absolute Gasteiger partial charge is 0.491 e. The number of primary amides is 1. The van der Waals surface area contributed by atoms with Gasteiger partial charge in [-0.1, -0.05) is 41.9 Å². The van der Waals surface area contributed by atoms with Crippen LogP contribution in [-0.2, 0) is 9.59 Å². The highest BCUT2D eigenvalue weighted by molar-refractivity contribution is 6.32. The fourth-order valence-electron chi connectivity index (χ4n) is 2.47. The Kier molecular flexibility index (Phi) is 7.25. The fraction of sp³-hybridized carbons (Fsp3) is 0.200. The molecular formula is C20H21ClN2O4. The summed E-state index contributed by atoms with van der Waals surface area (Å²) in [6.07, 6.45) is 2.86. The van der Waals surface area contributed by atoms with Gasteiger partial charge in [-0.25, -0.2) is 0 Å². The van der Waals surface area contributed by atoms with E-state index in [1.807, 2.05) is 13.0 Å². The third kappa shape index (κ3) is 5.49. The summed E-state index contributed by atoms with van der Waals surface area (Å²) in [5.41, 5.74) is 6.66. The van der Waals surface area contributed by atoms with Gasteiger partial charge in [0, 0.05) is 6.08 Å². The molecular weight excluding hydrogens is 368 g/mol. The third-order valence-electron chi connectivity index (χ3n) is 3.67. The number of nitrogens with two attached hydrogens (primary N) is 1. The molecule has 0 fully saturated rings. The van der Waals surface area contributed by atoms with Crippen molar-refractivity contribution in [3.05, 3.63) is 64.7 Å². The molecule has 0 radical (unpaired) electrons. The number of methoxy groups -OCH3 is 1. The average Bonchev–Trinajstić information content (AvgIpc) is 2.65. The van der Waals surface area contributed by atoms with Gasteiger partial charge in [0.05, 0.1) is 18.7 Å². The van der Waals surface area contributed by atoms with Crippen molar-refractivity contribution in [1.82, 2.24) is 5.32 Å². The third-order valence-corrected chi connectivity index (χ3v) is 3.95. The molecule has 2 aromatic carbocycles. The highest BCUT2D eigenvalue weighted by Crippen LogP contribution is 2.36. The second-order valence-corrected chi connectivity index (χ2v) is 5.96. The van der Waals surface area contributed by atoms with Crippen molar-refractivity contribution in [2.75, 3.05) is 13.7 Å². The first-order chi connectivity index (χ1) is 13.0. The van der Waals surface area contributed by atoms with Gasteiger partial charge in [-0.2, -0.15) is 0 Å². The van der Waals surface area contributed by atoms with Crippen LogP contribution in [0.15, 0.2) is 48.5 Å². The zero-order valence-corrected chi connectivity index (χ0v) is 15.8. The predicted molar refractivity (Wildman–Crippen MR) is 105 cm³/mol. The molecule has 0 bridgehead atoms. The van der Waals surface area contributed by atoms with Crippen molar-refractivity contribution in [2.45, 2.75) is 13.0 Å². The smallest absolute Gasteiger partial charge is 0.244 e. The van der Waals surface area contributed by atoms with Crippen molar-refractivity contribution in [3.63, 3.8) is 0 Å². The molecule has 2 rings (SSSR count). The molecule has 0 heterocycles. The zero-order valence-electron chi connectivity index (χ0n) is 15.1. The number of amides is 2. The van der Waals surface area contributed by atoms with Crippen LogP contribution in [-0.4, -0.2) is 25.5 Å². The van der Waals surface area contributed by atoms with Crippen LogP contribution in [0.5, 0.6) is 11.5 Å². The quantitative estimate of drug-likeness (QED) is 0.680. The van der Waals surface area contributed by atoms with Gasteiger partial charge in [-0.15, -0.1) is 0 Å². The number of hydrogen-bond donors (Lipinski definition) is 2.